The molecule has 4 aromatic rings. The van der Waals surface area contributed by atoms with Gasteiger partial charge >= 0.3 is 0 Å². The molecule has 7 heteroatoms. The molecule has 2 fully saturated rings. The maximum Gasteiger partial charge on any atom is 0.187 e. The molecular formula is C24H26N6O. The van der Waals surface area contributed by atoms with E-state index in [1.807, 2.05) is 16.5 Å². The van der Waals surface area contributed by atoms with Crippen molar-refractivity contribution in [3.63, 3.8) is 0 Å². The van der Waals surface area contributed by atoms with Gasteiger partial charge in [0, 0.05) is 42.7 Å². The van der Waals surface area contributed by atoms with E-state index in [1.165, 1.54) is 5.56 Å². The lowest BCUT2D eigenvalue weighted by Gasteiger charge is -2.16. The van der Waals surface area contributed by atoms with E-state index in [-0.39, 0.29) is 18.1 Å². The summed E-state index contributed by atoms with van der Waals surface area (Å²) >= 11 is 0. The Morgan fingerprint density at radius 1 is 1.10 bits per heavy atom. The van der Waals surface area contributed by atoms with Crippen molar-refractivity contribution in [2.75, 3.05) is 19.7 Å². The largest absolute Gasteiger partial charge is 0.395 e. The molecule has 1 unspecified atom stereocenters. The number of para-hydroxylation sites is 1. The van der Waals surface area contributed by atoms with Gasteiger partial charge in [0.25, 0.3) is 0 Å². The summed E-state index contributed by atoms with van der Waals surface area (Å²) in [5.74, 6) is 0.737. The van der Waals surface area contributed by atoms with Crippen molar-refractivity contribution in [1.82, 2.24) is 24.5 Å². The molecule has 158 valence electrons. The van der Waals surface area contributed by atoms with Crippen LogP contribution < -0.4 is 5.73 Å². The molecule has 1 saturated heterocycles. The lowest BCUT2D eigenvalue weighted by atomic mass is 9.94. The zero-order chi connectivity index (χ0) is 21.0. The molecule has 1 saturated carbocycles. The summed E-state index contributed by atoms with van der Waals surface area (Å²) in [6.07, 6.45) is 5.18. The van der Waals surface area contributed by atoms with Crippen LogP contribution in [0.2, 0.25) is 0 Å². The molecule has 2 aliphatic rings. The molecule has 0 amide bonds. The molecule has 4 heterocycles. The third-order valence-corrected chi connectivity index (χ3v) is 6.86. The average Bonchev–Trinajstić information content (AvgIpc) is 3.32. The van der Waals surface area contributed by atoms with Gasteiger partial charge in [0.2, 0.25) is 0 Å². The highest BCUT2D eigenvalue weighted by Gasteiger charge is 2.45. The highest BCUT2D eigenvalue weighted by atomic mass is 16.3. The maximum absolute atomic E-state index is 9.96. The summed E-state index contributed by atoms with van der Waals surface area (Å²) in [4.78, 5) is 7.39. The van der Waals surface area contributed by atoms with Crippen LogP contribution in [-0.2, 0) is 12.0 Å². The van der Waals surface area contributed by atoms with Gasteiger partial charge in [0.05, 0.1) is 12.1 Å². The topological polar surface area (TPSA) is 92.6 Å². The number of hydrogen-bond donors (Lipinski definition) is 2. The van der Waals surface area contributed by atoms with Gasteiger partial charge < -0.3 is 10.8 Å². The molecule has 0 spiro atoms. The van der Waals surface area contributed by atoms with Crippen molar-refractivity contribution < 1.29 is 5.11 Å². The number of aromatic nitrogens is 4. The Labute approximate surface area is 180 Å². The van der Waals surface area contributed by atoms with Gasteiger partial charge in [-0.3, -0.25) is 9.30 Å². The first-order chi connectivity index (χ1) is 15.1. The number of benzene rings is 1. The van der Waals surface area contributed by atoms with E-state index < -0.39 is 0 Å². The Balaban J connectivity index is 1.41. The molecule has 6 rings (SSSR count). The third kappa shape index (κ3) is 3.20. The number of fused-ring (bicyclic) bond motifs is 2. The Morgan fingerprint density at radius 3 is 2.77 bits per heavy atom. The van der Waals surface area contributed by atoms with Crippen LogP contribution in [0.4, 0.5) is 0 Å². The van der Waals surface area contributed by atoms with Crippen molar-refractivity contribution in [2.45, 2.75) is 37.3 Å². The zero-order valence-electron chi connectivity index (χ0n) is 17.4. The van der Waals surface area contributed by atoms with Gasteiger partial charge in [0.15, 0.2) is 11.5 Å². The lowest BCUT2D eigenvalue weighted by molar-refractivity contribution is 0.255. The lowest BCUT2D eigenvalue weighted by Crippen LogP contribution is -2.26. The van der Waals surface area contributed by atoms with Crippen LogP contribution in [-0.4, -0.2) is 55.3 Å². The van der Waals surface area contributed by atoms with E-state index in [0.717, 1.165) is 72.5 Å². The Bertz CT molecular complexity index is 1280. The second-order valence-corrected chi connectivity index (χ2v) is 9.09. The highest BCUT2D eigenvalue weighted by molar-refractivity contribution is 5.85. The molecule has 3 aromatic heterocycles. The molecule has 31 heavy (non-hydrogen) atoms. The van der Waals surface area contributed by atoms with Crippen LogP contribution in [0.1, 0.15) is 30.4 Å². The molecule has 0 bridgehead atoms. The number of likely N-dealkylation sites (tertiary alicyclic amines) is 1. The second kappa shape index (κ2) is 7.09. The first-order valence-electron chi connectivity index (χ1n) is 11.0. The van der Waals surface area contributed by atoms with E-state index >= 15 is 0 Å². The van der Waals surface area contributed by atoms with Gasteiger partial charge in [-0.1, -0.05) is 30.3 Å². The summed E-state index contributed by atoms with van der Waals surface area (Å²) in [7, 11) is 0. The van der Waals surface area contributed by atoms with Gasteiger partial charge in [-0.05, 0) is 42.5 Å². The quantitative estimate of drug-likeness (QED) is 0.521. The van der Waals surface area contributed by atoms with E-state index in [2.05, 4.69) is 51.6 Å². The fraction of sp³-hybridized carbons (Fsp3) is 0.375. The van der Waals surface area contributed by atoms with Crippen LogP contribution >= 0.6 is 0 Å². The van der Waals surface area contributed by atoms with Crippen LogP contribution in [0.15, 0.2) is 48.7 Å². The Morgan fingerprint density at radius 2 is 2.00 bits per heavy atom. The fourth-order valence-electron chi connectivity index (χ4n) is 4.83. The number of aliphatic hydroxyl groups is 1. The SMILES string of the molecule is NC1CCN(Cc2ccc3nnc(-c4ccc5cccc(C6(CO)CC6)c5n4)n3c2)C1. The van der Waals surface area contributed by atoms with Crippen molar-refractivity contribution in [3.05, 3.63) is 59.8 Å². The number of rotatable bonds is 5. The van der Waals surface area contributed by atoms with Gasteiger partial charge in [-0.15, -0.1) is 10.2 Å². The molecule has 1 aliphatic heterocycles. The minimum atomic E-state index is -0.137. The van der Waals surface area contributed by atoms with Crippen molar-refractivity contribution in [1.29, 1.82) is 0 Å². The molecule has 3 N–H and O–H groups in total. The van der Waals surface area contributed by atoms with E-state index in [9.17, 15) is 5.11 Å². The molecule has 1 atom stereocenters. The van der Waals surface area contributed by atoms with Gasteiger partial charge in [0.1, 0.15) is 5.69 Å². The summed E-state index contributed by atoms with van der Waals surface area (Å²) in [6, 6.07) is 14.7. The van der Waals surface area contributed by atoms with Crippen molar-refractivity contribution in [2.24, 2.45) is 5.73 Å². The van der Waals surface area contributed by atoms with E-state index in [1.54, 1.807) is 0 Å². The Hall–Kier alpha value is -2.87. The average molecular weight is 415 g/mol. The standard InChI is InChI=1S/C24H26N6O/c25-18-8-11-29(14-18)12-16-4-7-21-27-28-23(30(21)13-16)20-6-5-17-2-1-3-19(22(17)26-20)24(15-31)9-10-24/h1-7,13,18,31H,8-12,14-15,25H2. The highest BCUT2D eigenvalue weighted by Crippen LogP contribution is 2.49. The normalized spacial score (nSPS) is 20.6. The van der Waals surface area contributed by atoms with Gasteiger partial charge in [-0.2, -0.15) is 0 Å². The number of pyridine rings is 2. The van der Waals surface area contributed by atoms with Crippen LogP contribution in [0.25, 0.3) is 28.1 Å². The third-order valence-electron chi connectivity index (χ3n) is 6.86. The van der Waals surface area contributed by atoms with E-state index in [0.29, 0.717) is 0 Å². The summed E-state index contributed by atoms with van der Waals surface area (Å²) in [5.41, 5.74) is 10.8. The van der Waals surface area contributed by atoms with Crippen molar-refractivity contribution >= 4 is 16.6 Å². The smallest absolute Gasteiger partial charge is 0.187 e. The zero-order valence-corrected chi connectivity index (χ0v) is 17.4. The van der Waals surface area contributed by atoms with Crippen LogP contribution in [0, 0.1) is 0 Å². The maximum atomic E-state index is 9.96. The molecule has 1 aromatic carbocycles. The number of nitrogens with zero attached hydrogens (tertiary/aromatic N) is 5. The minimum Gasteiger partial charge on any atom is -0.395 e. The molecular weight excluding hydrogens is 388 g/mol. The summed E-state index contributed by atoms with van der Waals surface area (Å²) < 4.78 is 2.03. The minimum absolute atomic E-state index is 0.137. The summed E-state index contributed by atoms with van der Waals surface area (Å²) in [5, 5.41) is 19.9. The van der Waals surface area contributed by atoms with Gasteiger partial charge in [-0.25, -0.2) is 4.98 Å². The Kier molecular flexibility index (Phi) is 4.31. The van der Waals surface area contributed by atoms with Crippen LogP contribution in [0.5, 0.6) is 0 Å². The van der Waals surface area contributed by atoms with E-state index in [4.69, 9.17) is 10.7 Å². The van der Waals surface area contributed by atoms with Crippen molar-refractivity contribution in [3.8, 4) is 11.5 Å². The number of aliphatic hydroxyl groups excluding tert-OH is 1. The predicted octanol–water partition coefficient (Wildman–Crippen LogP) is 2.50. The first kappa shape index (κ1) is 18.9. The first-order valence-corrected chi connectivity index (χ1v) is 11.0. The molecule has 1 aliphatic carbocycles. The molecule has 0 radical (unpaired) electrons. The van der Waals surface area contributed by atoms with Crippen LogP contribution in [0.3, 0.4) is 0 Å². The molecule has 7 nitrogen and oxygen atoms in total. The fourth-order valence-corrected chi connectivity index (χ4v) is 4.83. The predicted molar refractivity (Wildman–Crippen MR) is 120 cm³/mol. The number of hydrogen-bond acceptors (Lipinski definition) is 6. The monoisotopic (exact) mass is 414 g/mol. The number of nitrogens with two attached hydrogens (primary N) is 1. The summed E-state index contributed by atoms with van der Waals surface area (Å²) in [6.45, 7) is 3.01. The second-order valence-electron chi connectivity index (χ2n) is 9.09.